The van der Waals surface area contributed by atoms with Crippen LogP contribution in [0.4, 0.5) is 10.8 Å². The fraction of sp³-hybridized carbons (Fsp3) is 0.308. The quantitative estimate of drug-likeness (QED) is 0.653. The molecule has 0 unspecified atom stereocenters. The minimum absolute atomic E-state index is 0.235. The first-order chi connectivity index (χ1) is 9.67. The zero-order chi connectivity index (χ0) is 14.4. The molecule has 1 N–H and O–H groups in total. The lowest BCUT2D eigenvalue weighted by Gasteiger charge is -2.01. The standard InChI is InChI=1S/C13H15N3O2S2/c1-3-18-11(17)8-19-13-16-15-12(20-13)14-10-6-4-9(2)5-7-10/h4-7H,3,8H2,1-2H3,(H,14,15). The molecule has 0 fully saturated rings. The Bertz CT molecular complexity index is 569. The molecule has 0 saturated carbocycles. The molecule has 0 radical (unpaired) electrons. The van der Waals surface area contributed by atoms with E-state index < -0.39 is 0 Å². The largest absolute Gasteiger partial charge is 0.465 e. The fourth-order valence-electron chi connectivity index (χ4n) is 1.40. The number of carbonyl (C=O) groups is 1. The summed E-state index contributed by atoms with van der Waals surface area (Å²) < 4.78 is 5.60. The van der Waals surface area contributed by atoms with E-state index in [2.05, 4.69) is 15.5 Å². The molecule has 20 heavy (non-hydrogen) atoms. The summed E-state index contributed by atoms with van der Waals surface area (Å²) in [7, 11) is 0. The van der Waals surface area contributed by atoms with Crippen LogP contribution in [0.2, 0.25) is 0 Å². The van der Waals surface area contributed by atoms with Crippen LogP contribution < -0.4 is 5.32 Å². The van der Waals surface area contributed by atoms with Crippen LogP contribution in [0, 0.1) is 6.92 Å². The Labute approximate surface area is 125 Å². The first kappa shape index (κ1) is 14.8. The average molecular weight is 309 g/mol. The predicted octanol–water partition coefficient (Wildman–Crippen LogP) is 3.25. The van der Waals surface area contributed by atoms with Gasteiger partial charge < -0.3 is 10.1 Å². The van der Waals surface area contributed by atoms with Crippen molar-refractivity contribution >= 4 is 39.9 Å². The summed E-state index contributed by atoms with van der Waals surface area (Å²) in [4.78, 5) is 11.2. The Kier molecular flexibility index (Phi) is 5.37. The van der Waals surface area contributed by atoms with E-state index in [0.29, 0.717) is 11.7 Å². The molecule has 0 spiro atoms. The van der Waals surface area contributed by atoms with Crippen LogP contribution in [0.15, 0.2) is 28.6 Å². The van der Waals surface area contributed by atoms with Gasteiger partial charge in [0, 0.05) is 5.69 Å². The lowest BCUT2D eigenvalue weighted by atomic mass is 10.2. The number of hydrogen-bond donors (Lipinski definition) is 1. The third-order valence-corrected chi connectivity index (χ3v) is 4.27. The molecule has 1 aromatic carbocycles. The number of carbonyl (C=O) groups excluding carboxylic acids is 1. The molecule has 0 aliphatic heterocycles. The van der Waals surface area contributed by atoms with E-state index >= 15 is 0 Å². The highest BCUT2D eigenvalue weighted by Crippen LogP contribution is 2.27. The van der Waals surface area contributed by atoms with E-state index in [0.717, 1.165) is 10.0 Å². The molecule has 0 atom stereocenters. The summed E-state index contributed by atoms with van der Waals surface area (Å²) in [5.41, 5.74) is 2.17. The predicted molar refractivity (Wildman–Crippen MR) is 81.7 cm³/mol. The number of esters is 1. The highest BCUT2D eigenvalue weighted by atomic mass is 32.2. The zero-order valence-corrected chi connectivity index (χ0v) is 12.9. The number of nitrogens with one attached hydrogen (secondary N) is 1. The minimum Gasteiger partial charge on any atom is -0.465 e. The second-order valence-corrected chi connectivity index (χ2v) is 6.16. The van der Waals surface area contributed by atoms with Crippen molar-refractivity contribution in [2.75, 3.05) is 17.7 Å². The number of anilines is 2. The maximum absolute atomic E-state index is 11.2. The van der Waals surface area contributed by atoms with Crippen LogP contribution in [0.5, 0.6) is 0 Å². The van der Waals surface area contributed by atoms with E-state index in [-0.39, 0.29) is 11.7 Å². The molecule has 1 heterocycles. The maximum atomic E-state index is 11.2. The number of rotatable bonds is 6. The van der Waals surface area contributed by atoms with Gasteiger partial charge in [0.05, 0.1) is 12.4 Å². The topological polar surface area (TPSA) is 64.1 Å². The maximum Gasteiger partial charge on any atom is 0.316 e. The summed E-state index contributed by atoms with van der Waals surface area (Å²) in [6.45, 7) is 4.23. The van der Waals surface area contributed by atoms with Gasteiger partial charge in [0.15, 0.2) is 4.34 Å². The molecule has 0 amide bonds. The van der Waals surface area contributed by atoms with Gasteiger partial charge in [-0.3, -0.25) is 4.79 Å². The average Bonchev–Trinajstić information content (AvgIpc) is 2.87. The van der Waals surface area contributed by atoms with Crippen LogP contribution in [-0.2, 0) is 9.53 Å². The molecule has 5 nitrogen and oxygen atoms in total. The van der Waals surface area contributed by atoms with Crippen molar-refractivity contribution in [3.8, 4) is 0 Å². The van der Waals surface area contributed by atoms with E-state index in [4.69, 9.17) is 4.74 Å². The molecular formula is C13H15N3O2S2. The first-order valence-electron chi connectivity index (χ1n) is 6.13. The van der Waals surface area contributed by atoms with E-state index in [9.17, 15) is 4.79 Å². The second kappa shape index (κ2) is 7.25. The lowest BCUT2D eigenvalue weighted by Crippen LogP contribution is -2.06. The molecule has 0 saturated heterocycles. The minimum atomic E-state index is -0.235. The molecule has 2 aromatic rings. The van der Waals surface area contributed by atoms with E-state index in [1.54, 1.807) is 6.92 Å². The monoisotopic (exact) mass is 309 g/mol. The van der Waals surface area contributed by atoms with Crippen LogP contribution in [0.1, 0.15) is 12.5 Å². The van der Waals surface area contributed by atoms with Crippen LogP contribution >= 0.6 is 23.1 Å². The van der Waals surface area contributed by atoms with Crippen molar-refractivity contribution in [2.45, 2.75) is 18.2 Å². The van der Waals surface area contributed by atoms with Crippen molar-refractivity contribution in [1.82, 2.24) is 10.2 Å². The Hall–Kier alpha value is -1.60. The van der Waals surface area contributed by atoms with Gasteiger partial charge in [-0.05, 0) is 26.0 Å². The SMILES string of the molecule is CCOC(=O)CSc1nnc(Nc2ccc(C)cc2)s1. The molecule has 1 aromatic heterocycles. The number of aromatic nitrogens is 2. The lowest BCUT2D eigenvalue weighted by molar-refractivity contribution is -0.139. The molecule has 0 bridgehead atoms. The Morgan fingerprint density at radius 1 is 1.35 bits per heavy atom. The van der Waals surface area contributed by atoms with Crippen LogP contribution in [-0.4, -0.2) is 28.5 Å². The van der Waals surface area contributed by atoms with E-state index in [1.165, 1.54) is 28.7 Å². The smallest absolute Gasteiger partial charge is 0.316 e. The molecule has 106 valence electrons. The van der Waals surface area contributed by atoms with Gasteiger partial charge in [0.1, 0.15) is 0 Å². The Morgan fingerprint density at radius 3 is 2.80 bits per heavy atom. The molecule has 0 aliphatic carbocycles. The molecule has 7 heteroatoms. The third-order valence-electron chi connectivity index (χ3n) is 2.33. The van der Waals surface area contributed by atoms with Gasteiger partial charge in [0.2, 0.25) is 5.13 Å². The number of thioether (sulfide) groups is 1. The van der Waals surface area contributed by atoms with Crippen LogP contribution in [0.25, 0.3) is 0 Å². The zero-order valence-electron chi connectivity index (χ0n) is 11.3. The van der Waals surface area contributed by atoms with Gasteiger partial charge in [0.25, 0.3) is 0 Å². The Morgan fingerprint density at radius 2 is 2.10 bits per heavy atom. The van der Waals surface area contributed by atoms with Crippen molar-refractivity contribution in [3.05, 3.63) is 29.8 Å². The summed E-state index contributed by atoms with van der Waals surface area (Å²) in [5, 5.41) is 12.0. The van der Waals surface area contributed by atoms with Crippen LogP contribution in [0.3, 0.4) is 0 Å². The normalized spacial score (nSPS) is 10.3. The summed E-state index contributed by atoms with van der Waals surface area (Å²) in [6, 6.07) is 8.03. The summed E-state index contributed by atoms with van der Waals surface area (Å²) >= 11 is 2.75. The van der Waals surface area contributed by atoms with Gasteiger partial charge in [-0.15, -0.1) is 10.2 Å². The summed E-state index contributed by atoms with van der Waals surface area (Å²) in [6.07, 6.45) is 0. The number of hydrogen-bond acceptors (Lipinski definition) is 7. The number of ether oxygens (including phenoxy) is 1. The first-order valence-corrected chi connectivity index (χ1v) is 7.93. The van der Waals surface area contributed by atoms with E-state index in [1.807, 2.05) is 31.2 Å². The highest BCUT2D eigenvalue weighted by molar-refractivity contribution is 8.01. The van der Waals surface area contributed by atoms with Crippen molar-refractivity contribution in [3.63, 3.8) is 0 Å². The number of nitrogens with zero attached hydrogens (tertiary/aromatic N) is 2. The van der Waals surface area contributed by atoms with Gasteiger partial charge >= 0.3 is 5.97 Å². The summed E-state index contributed by atoms with van der Waals surface area (Å²) in [5.74, 6) is 0.0215. The Balaban J connectivity index is 1.88. The third kappa shape index (κ3) is 4.50. The van der Waals surface area contributed by atoms with Crippen molar-refractivity contribution < 1.29 is 9.53 Å². The molecule has 2 rings (SSSR count). The number of aryl methyl sites for hydroxylation is 1. The fourth-order valence-corrected chi connectivity index (χ4v) is 2.97. The second-order valence-electron chi connectivity index (χ2n) is 3.96. The van der Waals surface area contributed by atoms with Gasteiger partial charge in [-0.2, -0.15) is 0 Å². The molecule has 0 aliphatic rings. The highest BCUT2D eigenvalue weighted by Gasteiger charge is 2.08. The van der Waals surface area contributed by atoms with Crippen molar-refractivity contribution in [2.24, 2.45) is 0 Å². The van der Waals surface area contributed by atoms with Gasteiger partial charge in [-0.1, -0.05) is 40.8 Å². The van der Waals surface area contributed by atoms with Crippen molar-refractivity contribution in [1.29, 1.82) is 0 Å². The van der Waals surface area contributed by atoms with Gasteiger partial charge in [-0.25, -0.2) is 0 Å². The molecular weight excluding hydrogens is 294 g/mol. The number of benzene rings is 1.